The van der Waals surface area contributed by atoms with Crippen LogP contribution in [0.3, 0.4) is 0 Å². The number of hydrogen-bond donors (Lipinski definition) is 2. The van der Waals surface area contributed by atoms with Crippen molar-refractivity contribution in [2.24, 2.45) is 0 Å². The number of nitrogens with zero attached hydrogens (tertiary/aromatic N) is 2. The van der Waals surface area contributed by atoms with Crippen molar-refractivity contribution in [3.8, 4) is 0 Å². The smallest absolute Gasteiger partial charge is 0.362 e. The van der Waals surface area contributed by atoms with Crippen LogP contribution in [0.1, 0.15) is 6.42 Å². The minimum atomic E-state index is -4.14. The third-order valence-electron chi connectivity index (χ3n) is 5.04. The number of fused-ring (bicyclic) bond motifs is 2. The summed E-state index contributed by atoms with van der Waals surface area (Å²) in [6.45, 7) is 1.22. The van der Waals surface area contributed by atoms with Gasteiger partial charge in [0.2, 0.25) is 9.84 Å². The second-order valence-corrected chi connectivity index (χ2v) is 9.25. The summed E-state index contributed by atoms with van der Waals surface area (Å²) in [5.74, 6) is 0. The van der Waals surface area contributed by atoms with Crippen molar-refractivity contribution in [3.05, 3.63) is 68.5 Å². The van der Waals surface area contributed by atoms with Crippen molar-refractivity contribution >= 4 is 43.2 Å². The number of hydrogen-bond acceptors (Lipinski definition) is 6. The Morgan fingerprint density at radius 2 is 1.94 bits per heavy atom. The number of aryl methyl sites for hydroxylation is 1. The third kappa shape index (κ3) is 3.52. The van der Waals surface area contributed by atoms with Crippen LogP contribution in [0.25, 0.3) is 21.8 Å². The number of nitrogens with one attached hydrogen (secondary N) is 1. The first kappa shape index (κ1) is 21.2. The van der Waals surface area contributed by atoms with E-state index in [1.165, 1.54) is 18.2 Å². The van der Waals surface area contributed by atoms with Crippen LogP contribution < -0.4 is 11.2 Å². The van der Waals surface area contributed by atoms with Gasteiger partial charge in [0.1, 0.15) is 0 Å². The lowest BCUT2D eigenvalue weighted by Crippen LogP contribution is -2.33. The van der Waals surface area contributed by atoms with Gasteiger partial charge in [0.15, 0.2) is 0 Å². The summed E-state index contributed by atoms with van der Waals surface area (Å²) in [6.07, 6.45) is 2.63. The predicted octanol–water partition coefficient (Wildman–Crippen LogP) is 2.40. The van der Waals surface area contributed by atoms with Crippen LogP contribution in [0, 0.1) is 0 Å². The standard InChI is InChI=1S/C20H18ClN3O6S/c1-30-10-2-8-23-9-7-12-3-4-13(11-15(12)23)31(28,29)16-6-5-14(21)17-18(16)22-20(26)24(27)19(17)25/h3-7,9,11,27H,2,8,10H2,1H3,(H,22,26). The van der Waals surface area contributed by atoms with Gasteiger partial charge in [-0.05, 0) is 42.1 Å². The fraction of sp³-hybridized carbons (Fsp3) is 0.200. The summed E-state index contributed by atoms with van der Waals surface area (Å²) in [4.78, 5) is 26.1. The Morgan fingerprint density at radius 1 is 1.16 bits per heavy atom. The number of sulfone groups is 1. The molecule has 0 saturated carbocycles. The van der Waals surface area contributed by atoms with Gasteiger partial charge in [-0.15, -0.1) is 0 Å². The van der Waals surface area contributed by atoms with Crippen LogP contribution in [0.5, 0.6) is 0 Å². The molecule has 0 spiro atoms. The molecule has 0 aliphatic rings. The van der Waals surface area contributed by atoms with E-state index in [1.807, 2.05) is 16.8 Å². The Balaban J connectivity index is 1.91. The van der Waals surface area contributed by atoms with Gasteiger partial charge in [0.25, 0.3) is 5.56 Å². The van der Waals surface area contributed by atoms with Crippen molar-refractivity contribution in [2.45, 2.75) is 22.8 Å². The second-order valence-electron chi connectivity index (χ2n) is 6.92. The highest BCUT2D eigenvalue weighted by Gasteiger charge is 2.25. The van der Waals surface area contributed by atoms with Gasteiger partial charge in [-0.1, -0.05) is 22.4 Å². The first-order valence-electron chi connectivity index (χ1n) is 9.25. The van der Waals surface area contributed by atoms with Crippen molar-refractivity contribution in [1.82, 2.24) is 14.3 Å². The Bertz CT molecular complexity index is 1530. The molecule has 0 fully saturated rings. The lowest BCUT2D eigenvalue weighted by molar-refractivity contribution is 0.162. The lowest BCUT2D eigenvalue weighted by Gasteiger charge is -2.11. The van der Waals surface area contributed by atoms with E-state index in [0.29, 0.717) is 13.2 Å². The molecule has 2 heterocycles. The number of benzene rings is 2. The molecule has 0 unspecified atom stereocenters. The maximum atomic E-state index is 13.4. The zero-order valence-corrected chi connectivity index (χ0v) is 17.9. The van der Waals surface area contributed by atoms with Crippen LogP contribution in [0.2, 0.25) is 5.02 Å². The van der Waals surface area contributed by atoms with Crippen LogP contribution in [0.4, 0.5) is 0 Å². The van der Waals surface area contributed by atoms with E-state index in [1.54, 1.807) is 19.2 Å². The molecule has 0 aliphatic carbocycles. The summed E-state index contributed by atoms with van der Waals surface area (Å²) in [6, 6.07) is 9.04. The summed E-state index contributed by atoms with van der Waals surface area (Å²) < 4.78 is 33.7. The SMILES string of the molecule is COCCCn1ccc2ccc(S(=O)(=O)c3ccc(Cl)c4c(=O)n(O)c(=O)[nH]c34)cc21. The van der Waals surface area contributed by atoms with Crippen molar-refractivity contribution in [3.63, 3.8) is 0 Å². The van der Waals surface area contributed by atoms with Gasteiger partial charge in [-0.2, -0.15) is 0 Å². The highest BCUT2D eigenvalue weighted by Crippen LogP contribution is 2.31. The zero-order chi connectivity index (χ0) is 22.3. The number of rotatable bonds is 6. The number of H-pyrrole nitrogens is 1. The minimum Gasteiger partial charge on any atom is -0.421 e. The first-order chi connectivity index (χ1) is 14.8. The molecule has 2 N–H and O–H groups in total. The molecule has 0 radical (unpaired) electrons. The van der Waals surface area contributed by atoms with Gasteiger partial charge >= 0.3 is 5.69 Å². The molecule has 31 heavy (non-hydrogen) atoms. The Hall–Kier alpha value is -3.08. The fourth-order valence-corrected chi connectivity index (χ4v) is 5.18. The molecule has 2 aromatic carbocycles. The number of aromatic amines is 1. The normalized spacial score (nSPS) is 12.1. The zero-order valence-electron chi connectivity index (χ0n) is 16.3. The second kappa shape index (κ2) is 7.88. The van der Waals surface area contributed by atoms with Crippen molar-refractivity contribution in [1.29, 1.82) is 0 Å². The monoisotopic (exact) mass is 463 g/mol. The van der Waals surface area contributed by atoms with Crippen LogP contribution >= 0.6 is 11.6 Å². The Kier molecular flexibility index (Phi) is 5.38. The maximum absolute atomic E-state index is 13.4. The maximum Gasteiger partial charge on any atom is 0.362 e. The molecule has 11 heteroatoms. The Labute approximate surface area is 180 Å². The van der Waals surface area contributed by atoms with E-state index in [-0.39, 0.29) is 30.4 Å². The molecule has 4 rings (SSSR count). The van der Waals surface area contributed by atoms with E-state index in [2.05, 4.69) is 4.98 Å². The molecule has 9 nitrogen and oxygen atoms in total. The third-order valence-corrected chi connectivity index (χ3v) is 7.15. The van der Waals surface area contributed by atoms with Crippen molar-refractivity contribution < 1.29 is 18.4 Å². The molecule has 0 atom stereocenters. The average Bonchev–Trinajstić information content (AvgIpc) is 3.14. The minimum absolute atomic E-state index is 0.00987. The summed E-state index contributed by atoms with van der Waals surface area (Å²) in [5.41, 5.74) is -1.81. The molecular formula is C20H18ClN3O6S. The molecule has 4 aromatic rings. The van der Waals surface area contributed by atoms with Crippen LogP contribution in [-0.2, 0) is 21.1 Å². The van der Waals surface area contributed by atoms with Gasteiger partial charge in [0, 0.05) is 32.0 Å². The average molecular weight is 464 g/mol. The van der Waals surface area contributed by atoms with E-state index in [0.717, 1.165) is 17.3 Å². The predicted molar refractivity (Wildman–Crippen MR) is 115 cm³/mol. The van der Waals surface area contributed by atoms with Gasteiger partial charge in [-0.3, -0.25) is 4.79 Å². The number of halogens is 1. The quantitative estimate of drug-likeness (QED) is 0.334. The molecule has 0 bridgehead atoms. The molecule has 0 aliphatic heterocycles. The molecule has 2 aromatic heterocycles. The molecule has 0 amide bonds. The largest absolute Gasteiger partial charge is 0.421 e. The van der Waals surface area contributed by atoms with Crippen LogP contribution in [-0.4, -0.2) is 41.6 Å². The molecule has 0 saturated heterocycles. The van der Waals surface area contributed by atoms with Crippen molar-refractivity contribution in [2.75, 3.05) is 13.7 Å². The summed E-state index contributed by atoms with van der Waals surface area (Å²) >= 11 is 6.04. The fourth-order valence-electron chi connectivity index (χ4n) is 3.51. The number of methoxy groups -OCH3 is 1. The molecular weight excluding hydrogens is 446 g/mol. The summed E-state index contributed by atoms with van der Waals surface area (Å²) in [7, 11) is -2.52. The number of aromatic nitrogens is 3. The van der Waals surface area contributed by atoms with Gasteiger partial charge < -0.3 is 19.5 Å². The van der Waals surface area contributed by atoms with E-state index in [4.69, 9.17) is 16.3 Å². The highest BCUT2D eigenvalue weighted by molar-refractivity contribution is 7.91. The first-order valence-corrected chi connectivity index (χ1v) is 11.1. The number of ether oxygens (including phenoxy) is 1. The lowest BCUT2D eigenvalue weighted by atomic mass is 10.2. The van der Waals surface area contributed by atoms with Gasteiger partial charge in [0.05, 0.1) is 25.7 Å². The van der Waals surface area contributed by atoms with E-state index < -0.39 is 21.1 Å². The molecule has 162 valence electrons. The Morgan fingerprint density at radius 3 is 2.68 bits per heavy atom. The summed E-state index contributed by atoms with van der Waals surface area (Å²) in [5, 5.41) is 10.1. The topological polar surface area (TPSA) is 123 Å². The van der Waals surface area contributed by atoms with E-state index in [9.17, 15) is 23.2 Å². The van der Waals surface area contributed by atoms with E-state index >= 15 is 0 Å². The van der Waals surface area contributed by atoms with Gasteiger partial charge in [-0.25, -0.2) is 13.2 Å². The van der Waals surface area contributed by atoms with Crippen LogP contribution in [0.15, 0.2) is 62.0 Å². The highest BCUT2D eigenvalue weighted by atomic mass is 35.5.